The molecule has 0 aromatic heterocycles. The largest absolute Gasteiger partial charge is 0.447 e. The van der Waals surface area contributed by atoms with Crippen LogP contribution in [0.1, 0.15) is 32.6 Å². The number of aliphatic hydroxyl groups excluding tert-OH is 2. The summed E-state index contributed by atoms with van der Waals surface area (Å²) < 4.78 is 3.07. The fraction of sp³-hybridized carbons (Fsp3) is 0.737. The molecule has 0 aliphatic carbocycles. The van der Waals surface area contributed by atoms with E-state index in [1.807, 2.05) is 0 Å². The molecule has 0 bridgehead atoms. The van der Waals surface area contributed by atoms with Crippen molar-refractivity contribution in [1.29, 1.82) is 0 Å². The summed E-state index contributed by atoms with van der Waals surface area (Å²) in [4.78, 5) is 29.8. The number of alkyl halides is 3. The van der Waals surface area contributed by atoms with Crippen LogP contribution in [0.5, 0.6) is 0 Å². The predicted molar refractivity (Wildman–Crippen MR) is 124 cm³/mol. The van der Waals surface area contributed by atoms with Gasteiger partial charge in [0.15, 0.2) is 5.66 Å². The molecule has 0 aromatic rings. The molecule has 3 fully saturated rings. The van der Waals surface area contributed by atoms with Gasteiger partial charge in [-0.15, -0.1) is 0 Å². The van der Waals surface area contributed by atoms with Crippen LogP contribution in [0.3, 0.4) is 0 Å². The number of ether oxygens (including phenoxy) is 1. The Morgan fingerprint density at radius 2 is 2.03 bits per heavy atom. The summed E-state index contributed by atoms with van der Waals surface area (Å²) in [6.07, 6.45) is 0.974. The van der Waals surface area contributed by atoms with Gasteiger partial charge in [-0.1, -0.05) is 67.6 Å². The van der Waals surface area contributed by atoms with E-state index < -0.39 is 45.7 Å². The first-order valence-electron chi connectivity index (χ1n) is 10.7. The average Bonchev–Trinajstić information content (AvgIpc) is 3.22. The number of hydrogen-bond acceptors (Lipinski definition) is 7. The molecule has 33 heavy (non-hydrogen) atoms. The van der Waals surface area contributed by atoms with Crippen LogP contribution in [0.2, 0.25) is 0 Å². The molecule has 1 unspecified atom stereocenters. The lowest BCUT2D eigenvalue weighted by atomic mass is 9.88. The Labute approximate surface area is 206 Å². The average molecular weight is 528 g/mol. The molecular formula is C19H29Cl3N6O5. The standard InChI is InChI=1S/C19H29Cl3N6O5/c1-3-4-5-6-7-23-17(32)33-9-11-13-18(27-10(2)24-13)14(30)12(29)8-28(18)16(25-11)26-15(31)19(20,21)22/h11-14,24,27,29-30H,2-9H2,1H3,(H,23,32)(H,25,26,31)/t11-,12-,13-,14-,18?/m0/s1. The Morgan fingerprint density at radius 3 is 2.70 bits per heavy atom. The number of nitrogens with zero attached hydrogens (tertiary/aromatic N) is 2. The molecule has 0 radical (unpaired) electrons. The maximum atomic E-state index is 12.3. The Kier molecular flexibility index (Phi) is 8.11. The fourth-order valence-electron chi connectivity index (χ4n) is 4.38. The van der Waals surface area contributed by atoms with Gasteiger partial charge in [0, 0.05) is 6.54 Å². The molecule has 11 nitrogen and oxygen atoms in total. The van der Waals surface area contributed by atoms with Gasteiger partial charge >= 0.3 is 12.0 Å². The molecule has 0 aromatic carbocycles. The number of carbonyl (C=O) groups excluding carboxylic acids is 2. The topological polar surface area (TPSA) is 148 Å². The predicted octanol–water partition coefficient (Wildman–Crippen LogP) is 0.284. The quantitative estimate of drug-likeness (QED) is 0.203. The highest BCUT2D eigenvalue weighted by molar-refractivity contribution is 6.76. The maximum Gasteiger partial charge on any atom is 0.407 e. The smallest absolute Gasteiger partial charge is 0.407 e. The molecule has 14 heteroatoms. The van der Waals surface area contributed by atoms with Crippen LogP contribution in [0.4, 0.5) is 4.79 Å². The molecule has 3 saturated heterocycles. The zero-order chi connectivity index (χ0) is 24.4. The number of hydrogen-bond donors (Lipinski definition) is 6. The van der Waals surface area contributed by atoms with Crippen molar-refractivity contribution >= 4 is 52.8 Å². The van der Waals surface area contributed by atoms with Crippen molar-refractivity contribution in [3.63, 3.8) is 0 Å². The number of aliphatic imine (C=N–C) groups is 1. The summed E-state index contributed by atoms with van der Waals surface area (Å²) in [7, 11) is 0. The Balaban J connectivity index is 1.78. The molecule has 3 aliphatic heterocycles. The van der Waals surface area contributed by atoms with E-state index >= 15 is 0 Å². The highest BCUT2D eigenvalue weighted by atomic mass is 35.6. The van der Waals surface area contributed by atoms with Crippen LogP contribution in [-0.4, -0.2) is 86.5 Å². The van der Waals surface area contributed by atoms with Crippen molar-refractivity contribution < 1.29 is 24.5 Å². The second kappa shape index (κ2) is 10.3. The SMILES string of the molecule is C=C1N[C@H]2[C@H](COC(=O)NCCCCCC)N/C(=N/C(=O)C(Cl)(Cl)Cl)N3C[C@H](O)[C@H](O)C23N1. The number of aliphatic hydroxyl groups is 2. The Morgan fingerprint density at radius 1 is 1.30 bits per heavy atom. The number of amides is 2. The van der Waals surface area contributed by atoms with Gasteiger partial charge in [0.1, 0.15) is 18.8 Å². The number of nitrogens with one attached hydrogen (secondary N) is 4. The third-order valence-corrected chi connectivity index (χ3v) is 6.39. The maximum absolute atomic E-state index is 12.3. The van der Waals surface area contributed by atoms with Gasteiger partial charge in [-0.25, -0.2) is 4.79 Å². The number of unbranched alkanes of at least 4 members (excludes halogenated alkanes) is 3. The lowest BCUT2D eigenvalue weighted by molar-refractivity contribution is -0.117. The minimum absolute atomic E-state index is 0.0456. The van der Waals surface area contributed by atoms with Crippen LogP contribution in [-0.2, 0) is 9.53 Å². The zero-order valence-corrected chi connectivity index (χ0v) is 20.4. The molecule has 6 N–H and O–H groups in total. The van der Waals surface area contributed by atoms with Gasteiger partial charge < -0.3 is 41.1 Å². The van der Waals surface area contributed by atoms with Crippen molar-refractivity contribution in [3.05, 3.63) is 12.4 Å². The van der Waals surface area contributed by atoms with Crippen molar-refractivity contribution in [2.45, 2.75) is 66.4 Å². The molecule has 5 atom stereocenters. The van der Waals surface area contributed by atoms with E-state index in [1.165, 1.54) is 4.90 Å². The Bertz CT molecular complexity index is 809. The van der Waals surface area contributed by atoms with Crippen LogP contribution in [0, 0.1) is 0 Å². The molecule has 3 rings (SSSR count). The summed E-state index contributed by atoms with van der Waals surface area (Å²) in [6.45, 7) is 6.24. The van der Waals surface area contributed by atoms with E-state index in [0.717, 1.165) is 25.7 Å². The molecule has 2 amide bonds. The number of alkyl carbamates (subject to hydrolysis) is 1. The van der Waals surface area contributed by atoms with Crippen molar-refractivity contribution in [3.8, 4) is 0 Å². The monoisotopic (exact) mass is 526 g/mol. The molecule has 186 valence electrons. The van der Waals surface area contributed by atoms with Gasteiger partial charge in [0.2, 0.25) is 5.96 Å². The van der Waals surface area contributed by atoms with Gasteiger partial charge in [-0.05, 0) is 6.42 Å². The van der Waals surface area contributed by atoms with E-state index in [1.54, 1.807) is 0 Å². The summed E-state index contributed by atoms with van der Waals surface area (Å²) in [5.74, 6) is -0.733. The normalized spacial score (nSPS) is 31.9. The fourth-order valence-corrected chi connectivity index (χ4v) is 4.51. The molecular weight excluding hydrogens is 499 g/mol. The zero-order valence-electron chi connectivity index (χ0n) is 18.1. The van der Waals surface area contributed by atoms with E-state index in [-0.39, 0.29) is 19.1 Å². The van der Waals surface area contributed by atoms with Crippen molar-refractivity contribution in [2.75, 3.05) is 19.7 Å². The van der Waals surface area contributed by atoms with E-state index in [4.69, 9.17) is 39.5 Å². The summed E-state index contributed by atoms with van der Waals surface area (Å²) in [5.41, 5.74) is -1.32. The second-order valence-corrected chi connectivity index (χ2v) is 10.5. The Hall–Kier alpha value is -1.66. The molecule has 0 saturated carbocycles. The number of guanidine groups is 1. The van der Waals surface area contributed by atoms with Gasteiger partial charge in [-0.2, -0.15) is 4.99 Å². The summed E-state index contributed by atoms with van der Waals surface area (Å²) >= 11 is 17.0. The highest BCUT2D eigenvalue weighted by Gasteiger charge is 2.66. The van der Waals surface area contributed by atoms with E-state index in [0.29, 0.717) is 12.4 Å². The minimum atomic E-state index is -2.30. The molecule has 3 heterocycles. The summed E-state index contributed by atoms with van der Waals surface area (Å²) in [6, 6.07) is -1.29. The first kappa shape index (κ1) is 26.0. The van der Waals surface area contributed by atoms with E-state index in [2.05, 4.69) is 39.8 Å². The van der Waals surface area contributed by atoms with Crippen LogP contribution >= 0.6 is 34.8 Å². The highest BCUT2D eigenvalue weighted by Crippen LogP contribution is 2.39. The number of rotatable bonds is 7. The van der Waals surface area contributed by atoms with Gasteiger partial charge in [0.05, 0.1) is 24.4 Å². The van der Waals surface area contributed by atoms with Gasteiger partial charge in [-0.3, -0.25) is 4.79 Å². The first-order chi connectivity index (χ1) is 15.5. The molecule has 3 aliphatic rings. The third kappa shape index (κ3) is 5.37. The van der Waals surface area contributed by atoms with Crippen LogP contribution in [0.15, 0.2) is 17.4 Å². The van der Waals surface area contributed by atoms with Crippen LogP contribution < -0.4 is 21.3 Å². The van der Waals surface area contributed by atoms with Crippen molar-refractivity contribution in [1.82, 2.24) is 26.2 Å². The van der Waals surface area contributed by atoms with Crippen molar-refractivity contribution in [2.24, 2.45) is 4.99 Å². The molecule has 1 spiro atoms. The third-order valence-electron chi connectivity index (χ3n) is 5.90. The van der Waals surface area contributed by atoms with Gasteiger partial charge in [0.25, 0.3) is 3.79 Å². The number of carbonyl (C=O) groups is 2. The number of halogens is 3. The lowest BCUT2D eigenvalue weighted by Gasteiger charge is -2.49. The lowest BCUT2D eigenvalue weighted by Crippen LogP contribution is -2.77. The van der Waals surface area contributed by atoms with Crippen LogP contribution in [0.25, 0.3) is 0 Å². The minimum Gasteiger partial charge on any atom is -0.447 e. The second-order valence-electron chi connectivity index (χ2n) is 8.25. The first-order valence-corrected chi connectivity index (χ1v) is 11.9. The van der Waals surface area contributed by atoms with E-state index in [9.17, 15) is 19.8 Å². The summed E-state index contributed by atoms with van der Waals surface area (Å²) in [5, 5.41) is 33.1.